The molecule has 0 heterocycles. The molecule has 85 heavy (non-hydrogen) atoms. The minimum atomic E-state index is -4.38. The number of likely N-dealkylation sites (N-methyl/N-ethyl adjacent to an activating group) is 1. The summed E-state index contributed by atoms with van der Waals surface area (Å²) in [5.74, 6) is -0.215. The smallest absolute Gasteiger partial charge is 0.387 e. The highest BCUT2D eigenvalue weighted by atomic mass is 31.2. The first-order chi connectivity index (χ1) is 41.5. The monoisotopic (exact) mass is 1200 g/mol. The Morgan fingerprint density at radius 3 is 1.08 bits per heavy atom. The molecule has 8 nitrogen and oxygen atoms in total. The first-order valence-electron chi connectivity index (χ1n) is 34.7. The Kier molecular flexibility index (Phi) is 62.1. The fourth-order valence-electron chi connectivity index (χ4n) is 9.44. The van der Waals surface area contributed by atoms with Crippen molar-refractivity contribution in [1.82, 2.24) is 5.32 Å². The summed E-state index contributed by atoms with van der Waals surface area (Å²) >= 11 is 0. The minimum absolute atomic E-state index is 0.0430. The van der Waals surface area contributed by atoms with E-state index in [0.717, 1.165) is 116 Å². The zero-order valence-corrected chi connectivity index (χ0v) is 56.4. The Hall–Kier alpha value is -3.62. The normalized spacial score (nSPS) is 14.6. The number of hydrogen-bond acceptors (Lipinski definition) is 5. The van der Waals surface area contributed by atoms with Gasteiger partial charge in [0.05, 0.1) is 39.9 Å². The molecule has 0 fully saturated rings. The summed E-state index contributed by atoms with van der Waals surface area (Å²) in [5, 5.41) is 14.0. The number of aliphatic hydroxyl groups is 1. The van der Waals surface area contributed by atoms with Crippen LogP contribution in [0.15, 0.2) is 146 Å². The number of rotatable bonds is 62. The number of quaternary nitrogens is 1. The number of nitrogens with zero attached hydrogens (tertiary/aromatic N) is 1. The zero-order valence-electron chi connectivity index (χ0n) is 55.5. The van der Waals surface area contributed by atoms with E-state index >= 15 is 0 Å². The third-order valence-electron chi connectivity index (χ3n) is 14.8. The minimum Gasteiger partial charge on any atom is -0.387 e. The quantitative estimate of drug-likeness (QED) is 0.0243. The van der Waals surface area contributed by atoms with E-state index in [-0.39, 0.29) is 19.1 Å². The van der Waals surface area contributed by atoms with Gasteiger partial charge in [-0.2, -0.15) is 0 Å². The average molecular weight is 1200 g/mol. The van der Waals surface area contributed by atoms with Gasteiger partial charge < -0.3 is 19.8 Å². The Morgan fingerprint density at radius 2 is 0.718 bits per heavy atom. The SMILES string of the molecule is CC/C=C\C/C=C\C/C=C\C/C=C\C/C=C\C/C=C\C/C=C\C/C=C\C/C=C\C/C=C\CCCCCCC(=O)NC(COP(=O)(O)OCC[N+](C)(C)C)C(O)/C=C/CC/C=C/CCCCCCCCCCCCCCCCCCCCCCCC. The number of unbranched alkanes of at least 4 members (excludes halogenated alkanes) is 27. The Labute approximate surface area is 525 Å². The lowest BCUT2D eigenvalue weighted by atomic mass is 10.0. The van der Waals surface area contributed by atoms with Crippen LogP contribution in [0, 0.1) is 0 Å². The number of amides is 1. The first-order valence-corrected chi connectivity index (χ1v) is 36.2. The second-order valence-corrected chi connectivity index (χ2v) is 25.6. The third kappa shape index (κ3) is 67.7. The Morgan fingerprint density at radius 1 is 0.412 bits per heavy atom. The summed E-state index contributed by atoms with van der Waals surface area (Å²) in [4.78, 5) is 23.4. The van der Waals surface area contributed by atoms with Crippen molar-refractivity contribution in [3.8, 4) is 0 Å². The van der Waals surface area contributed by atoms with Crippen LogP contribution < -0.4 is 5.32 Å². The van der Waals surface area contributed by atoms with E-state index < -0.39 is 20.0 Å². The van der Waals surface area contributed by atoms with Crippen molar-refractivity contribution < 1.29 is 32.9 Å². The molecule has 0 bridgehead atoms. The molecule has 0 radical (unpaired) electrons. The molecule has 0 rings (SSSR count). The van der Waals surface area contributed by atoms with Gasteiger partial charge in [0.2, 0.25) is 5.91 Å². The van der Waals surface area contributed by atoms with Gasteiger partial charge in [-0.3, -0.25) is 13.8 Å². The number of phosphoric acid groups is 1. The maximum absolute atomic E-state index is 13.0. The summed E-state index contributed by atoms with van der Waals surface area (Å²) < 4.78 is 23.8. The highest BCUT2D eigenvalue weighted by Crippen LogP contribution is 2.43. The number of allylic oxidation sites excluding steroid dienone is 23. The van der Waals surface area contributed by atoms with Gasteiger partial charge in [-0.1, -0.05) is 307 Å². The largest absolute Gasteiger partial charge is 0.472 e. The van der Waals surface area contributed by atoms with E-state index in [9.17, 15) is 19.4 Å². The van der Waals surface area contributed by atoms with E-state index in [1.54, 1.807) is 6.08 Å². The maximum Gasteiger partial charge on any atom is 0.472 e. The number of phosphoric ester groups is 1. The van der Waals surface area contributed by atoms with E-state index in [1.165, 1.54) is 141 Å². The zero-order chi connectivity index (χ0) is 61.9. The fraction of sp³-hybridized carbons (Fsp3) is 0.671. The molecule has 3 atom stereocenters. The van der Waals surface area contributed by atoms with Crippen LogP contribution in [-0.4, -0.2) is 73.4 Å². The molecule has 3 unspecified atom stereocenters. The molecule has 486 valence electrons. The summed E-state index contributed by atoms with van der Waals surface area (Å²) in [7, 11) is 1.52. The van der Waals surface area contributed by atoms with Gasteiger partial charge in [-0.25, -0.2) is 4.57 Å². The molecular weight excluding hydrogens is 1070 g/mol. The topological polar surface area (TPSA) is 105 Å². The van der Waals surface area contributed by atoms with Gasteiger partial charge in [0.15, 0.2) is 0 Å². The number of aliphatic hydroxyl groups excluding tert-OH is 1. The van der Waals surface area contributed by atoms with Gasteiger partial charge in [-0.15, -0.1) is 0 Å². The van der Waals surface area contributed by atoms with Gasteiger partial charge in [0, 0.05) is 6.42 Å². The van der Waals surface area contributed by atoms with Crippen LogP contribution in [0.3, 0.4) is 0 Å². The lowest BCUT2D eigenvalue weighted by Gasteiger charge is -2.25. The summed E-state index contributed by atoms with van der Waals surface area (Å²) in [6.45, 7) is 4.67. The van der Waals surface area contributed by atoms with Crippen LogP contribution in [-0.2, 0) is 18.4 Å². The number of carbonyl (C=O) groups is 1. The number of hydrogen-bond donors (Lipinski definition) is 3. The molecule has 0 aliphatic heterocycles. The van der Waals surface area contributed by atoms with Crippen molar-refractivity contribution in [2.45, 2.75) is 289 Å². The average Bonchev–Trinajstić information content (AvgIpc) is 3.48. The molecule has 3 N–H and O–H groups in total. The predicted octanol–water partition coefficient (Wildman–Crippen LogP) is 22.4. The molecule has 0 aromatic heterocycles. The molecule has 0 aliphatic carbocycles. The maximum atomic E-state index is 13.0. The lowest BCUT2D eigenvalue weighted by molar-refractivity contribution is -0.870. The predicted molar refractivity (Wildman–Crippen MR) is 373 cm³/mol. The molecule has 0 aromatic rings. The summed E-state index contributed by atoms with van der Waals surface area (Å²) in [6, 6.07) is -0.891. The molecule has 9 heteroatoms. The number of nitrogens with one attached hydrogen (secondary N) is 1. The van der Waals surface area contributed by atoms with Crippen molar-refractivity contribution in [2.24, 2.45) is 0 Å². The highest BCUT2D eigenvalue weighted by molar-refractivity contribution is 7.47. The van der Waals surface area contributed by atoms with Gasteiger partial charge in [0.1, 0.15) is 13.2 Å². The van der Waals surface area contributed by atoms with E-state index in [0.29, 0.717) is 17.4 Å². The second-order valence-electron chi connectivity index (χ2n) is 24.2. The summed E-state index contributed by atoms with van der Waals surface area (Å²) in [6.07, 6.45) is 99.9. The third-order valence-corrected chi connectivity index (χ3v) is 15.8. The molecule has 0 aromatic carbocycles. The van der Waals surface area contributed by atoms with Crippen LogP contribution in [0.5, 0.6) is 0 Å². The van der Waals surface area contributed by atoms with Crippen molar-refractivity contribution in [3.05, 3.63) is 146 Å². The molecule has 0 saturated heterocycles. The van der Waals surface area contributed by atoms with Crippen molar-refractivity contribution in [3.63, 3.8) is 0 Å². The molecular formula is C76H132N2O6P+. The van der Waals surface area contributed by atoms with Crippen LogP contribution in [0.4, 0.5) is 0 Å². The van der Waals surface area contributed by atoms with Crippen LogP contribution in [0.1, 0.15) is 277 Å². The molecule has 0 spiro atoms. The Bertz CT molecular complexity index is 1900. The van der Waals surface area contributed by atoms with Crippen molar-refractivity contribution in [1.29, 1.82) is 0 Å². The van der Waals surface area contributed by atoms with Crippen LogP contribution >= 0.6 is 7.82 Å². The number of carbonyl (C=O) groups excluding carboxylic acids is 1. The standard InChI is InChI=1S/C76H131N2O6P/c1-6-8-10-12-14-16-18-20-22-24-26-28-30-32-34-36-37-38-39-40-41-42-44-46-48-50-52-54-56-58-60-62-64-66-68-70-76(80)77-74(73-84-85(81,82)83-72-71-78(3,4)5)75(79)69-67-65-63-61-59-57-55-53-51-49-47-45-43-35-33-31-29-27-25-23-21-19-17-15-13-11-9-7-2/h8,10,14,16,20,22,26,28,32,34,37-38,40-41,44,46,50,52,56,58-59,61,67,69,74-75,79H,6-7,9,11-13,15,17-19,21,23-25,27,29-31,33,35-36,39,42-43,45,47-49,51,53-55,57,60,62-66,68,70-73H2,1-5H3,(H-,77,80,81,82)/p+1/b10-8-,16-14-,22-20-,28-26-,34-32-,38-37-,41-40-,46-44-,52-50-,58-56-,61-59+,69-67+. The van der Waals surface area contributed by atoms with Crippen LogP contribution in [0.2, 0.25) is 0 Å². The lowest BCUT2D eigenvalue weighted by Crippen LogP contribution is -2.45. The Balaban J connectivity index is 4.25. The molecule has 0 aliphatic rings. The van der Waals surface area contributed by atoms with Gasteiger partial charge >= 0.3 is 7.82 Å². The van der Waals surface area contributed by atoms with E-state index in [2.05, 4.69) is 153 Å². The van der Waals surface area contributed by atoms with E-state index in [4.69, 9.17) is 9.05 Å². The van der Waals surface area contributed by atoms with Gasteiger partial charge in [-0.05, 0) is 109 Å². The van der Waals surface area contributed by atoms with E-state index in [1.807, 2.05) is 27.2 Å². The first kappa shape index (κ1) is 81.4. The second kappa shape index (κ2) is 64.8. The van der Waals surface area contributed by atoms with Crippen molar-refractivity contribution in [2.75, 3.05) is 40.9 Å². The summed E-state index contributed by atoms with van der Waals surface area (Å²) in [5.41, 5.74) is 0. The highest BCUT2D eigenvalue weighted by Gasteiger charge is 2.28. The van der Waals surface area contributed by atoms with Crippen LogP contribution in [0.25, 0.3) is 0 Å². The fourth-order valence-corrected chi connectivity index (χ4v) is 10.2. The molecule has 0 saturated carbocycles. The van der Waals surface area contributed by atoms with Gasteiger partial charge in [0.25, 0.3) is 0 Å². The van der Waals surface area contributed by atoms with Crippen molar-refractivity contribution >= 4 is 13.7 Å². The molecule has 1 amide bonds.